The molecule has 0 bridgehead atoms. The summed E-state index contributed by atoms with van der Waals surface area (Å²) in [4.78, 5) is 57.9. The van der Waals surface area contributed by atoms with Gasteiger partial charge in [0.05, 0.1) is 23.8 Å². The van der Waals surface area contributed by atoms with Crippen LogP contribution < -0.4 is 10.6 Å². The van der Waals surface area contributed by atoms with Gasteiger partial charge >= 0.3 is 17.9 Å². The second-order valence-corrected chi connectivity index (χ2v) is 6.69. The number of ether oxygens (including phenoxy) is 1. The first-order valence-electron chi connectivity index (χ1n) is 9.27. The van der Waals surface area contributed by atoms with Crippen molar-refractivity contribution >= 4 is 35.4 Å². The van der Waals surface area contributed by atoms with Crippen molar-refractivity contribution in [2.45, 2.75) is 18.8 Å². The maximum Gasteiger partial charge on any atom is 0.337 e. The normalized spacial score (nSPS) is 12.2. The van der Waals surface area contributed by atoms with Crippen LogP contribution in [0.25, 0.3) is 0 Å². The Morgan fingerprint density at radius 3 is 1.82 bits per heavy atom. The first-order chi connectivity index (χ1) is 15.5. The first-order valence-corrected chi connectivity index (χ1v) is 9.27. The molecule has 6 N–H and O–H groups in total. The highest BCUT2D eigenvalue weighted by atomic mass is 16.5. The molecule has 2 aromatic carbocycles. The van der Waals surface area contributed by atoms with E-state index in [0.717, 1.165) is 18.2 Å². The predicted molar refractivity (Wildman–Crippen MR) is 111 cm³/mol. The van der Waals surface area contributed by atoms with E-state index in [1.54, 1.807) is 0 Å². The van der Waals surface area contributed by atoms with Crippen molar-refractivity contribution in [2.75, 3.05) is 12.4 Å². The molecule has 0 saturated carbocycles. The Balaban J connectivity index is 2.00. The number of benzene rings is 2. The second kappa shape index (κ2) is 10.8. The van der Waals surface area contributed by atoms with Gasteiger partial charge in [0.25, 0.3) is 11.8 Å². The fourth-order valence-corrected chi connectivity index (χ4v) is 2.62. The smallest absolute Gasteiger partial charge is 0.337 e. The molecule has 174 valence electrons. The Kier molecular flexibility index (Phi) is 8.20. The Labute approximate surface area is 186 Å². The van der Waals surface area contributed by atoms with Gasteiger partial charge < -0.3 is 35.8 Å². The lowest BCUT2D eigenvalue weighted by Gasteiger charge is -2.17. The number of carboxylic acid groups (broad SMARTS) is 2. The van der Waals surface area contributed by atoms with Crippen LogP contribution in [-0.4, -0.2) is 69.5 Å². The fourth-order valence-electron chi connectivity index (χ4n) is 2.62. The highest BCUT2D eigenvalue weighted by Crippen LogP contribution is 2.16. The number of hydrogen-bond acceptors (Lipinski definition) is 8. The number of rotatable bonds is 9. The quantitative estimate of drug-likeness (QED) is 0.273. The van der Waals surface area contributed by atoms with E-state index in [9.17, 15) is 34.2 Å². The third kappa shape index (κ3) is 6.59. The molecular formula is C21H20N2O10. The Morgan fingerprint density at radius 1 is 0.818 bits per heavy atom. The van der Waals surface area contributed by atoms with Crippen LogP contribution in [0, 0.1) is 0 Å². The van der Waals surface area contributed by atoms with Crippen molar-refractivity contribution < 1.29 is 49.1 Å². The topological polar surface area (TPSA) is 200 Å². The SMILES string of the molecule is COC(=O)c1ccc(CNC(=O)[C@H](O)[C@@H](O)C(=O)Nc2cc(C(=O)O)cc(C(=O)O)c2)cc1. The molecule has 0 aliphatic carbocycles. The van der Waals surface area contributed by atoms with Gasteiger partial charge in [-0.05, 0) is 35.9 Å². The largest absolute Gasteiger partial charge is 0.478 e. The number of aliphatic hydroxyl groups excluding tert-OH is 2. The van der Waals surface area contributed by atoms with Crippen LogP contribution in [0.2, 0.25) is 0 Å². The monoisotopic (exact) mass is 460 g/mol. The molecule has 2 rings (SSSR count). The molecule has 0 radical (unpaired) electrons. The third-order valence-electron chi connectivity index (χ3n) is 4.37. The summed E-state index contributed by atoms with van der Waals surface area (Å²) in [6.07, 6.45) is -4.42. The fraction of sp³-hybridized carbons (Fsp3) is 0.190. The van der Waals surface area contributed by atoms with E-state index < -0.39 is 53.1 Å². The molecule has 0 aliphatic heterocycles. The number of esters is 1. The molecule has 0 fully saturated rings. The van der Waals surface area contributed by atoms with Gasteiger partial charge in [-0.15, -0.1) is 0 Å². The van der Waals surface area contributed by atoms with Crippen LogP contribution in [0.5, 0.6) is 0 Å². The molecule has 2 atom stereocenters. The molecule has 12 nitrogen and oxygen atoms in total. The third-order valence-corrected chi connectivity index (χ3v) is 4.37. The van der Waals surface area contributed by atoms with Gasteiger partial charge in [-0.3, -0.25) is 9.59 Å². The lowest BCUT2D eigenvalue weighted by molar-refractivity contribution is -0.143. The zero-order valence-corrected chi connectivity index (χ0v) is 17.1. The number of carboxylic acids is 2. The van der Waals surface area contributed by atoms with Crippen molar-refractivity contribution in [1.82, 2.24) is 5.32 Å². The number of anilines is 1. The number of aliphatic hydroxyl groups is 2. The average Bonchev–Trinajstić information content (AvgIpc) is 2.80. The minimum absolute atomic E-state index is 0.0890. The number of carbonyl (C=O) groups is 5. The van der Waals surface area contributed by atoms with Gasteiger partial charge in [-0.1, -0.05) is 12.1 Å². The zero-order chi connectivity index (χ0) is 24.7. The molecular weight excluding hydrogens is 440 g/mol. The molecule has 0 aromatic heterocycles. The lowest BCUT2D eigenvalue weighted by Crippen LogP contribution is -2.47. The van der Waals surface area contributed by atoms with Crippen molar-refractivity contribution in [2.24, 2.45) is 0 Å². The molecule has 2 amide bonds. The van der Waals surface area contributed by atoms with Crippen molar-refractivity contribution in [3.8, 4) is 0 Å². The van der Waals surface area contributed by atoms with Gasteiger partial charge in [-0.25, -0.2) is 14.4 Å². The molecule has 0 saturated heterocycles. The van der Waals surface area contributed by atoms with Crippen molar-refractivity contribution in [1.29, 1.82) is 0 Å². The summed E-state index contributed by atoms with van der Waals surface area (Å²) in [7, 11) is 1.23. The molecule has 0 aliphatic rings. The van der Waals surface area contributed by atoms with Gasteiger partial charge in [-0.2, -0.15) is 0 Å². The first kappa shape index (κ1) is 25.0. The van der Waals surface area contributed by atoms with Crippen molar-refractivity contribution in [3.05, 3.63) is 64.7 Å². The Bertz CT molecular complexity index is 1050. The molecule has 33 heavy (non-hydrogen) atoms. The molecule has 0 unspecified atom stereocenters. The lowest BCUT2D eigenvalue weighted by atomic mass is 10.1. The van der Waals surface area contributed by atoms with E-state index in [-0.39, 0.29) is 17.8 Å². The molecule has 0 heterocycles. The number of aromatic carboxylic acids is 2. The summed E-state index contributed by atoms with van der Waals surface area (Å²) >= 11 is 0. The van der Waals surface area contributed by atoms with Crippen LogP contribution >= 0.6 is 0 Å². The number of amides is 2. The van der Waals surface area contributed by atoms with Gasteiger partial charge in [0.2, 0.25) is 0 Å². The van der Waals surface area contributed by atoms with Gasteiger partial charge in [0.15, 0.2) is 12.2 Å². The average molecular weight is 460 g/mol. The second-order valence-electron chi connectivity index (χ2n) is 6.69. The van der Waals surface area contributed by atoms with Gasteiger partial charge in [0.1, 0.15) is 0 Å². The van der Waals surface area contributed by atoms with E-state index in [2.05, 4.69) is 15.4 Å². The Hall–Kier alpha value is -4.29. The number of carbonyl (C=O) groups excluding carboxylic acids is 3. The summed E-state index contributed by atoms with van der Waals surface area (Å²) in [6.45, 7) is -0.0890. The minimum atomic E-state index is -2.24. The highest BCUT2D eigenvalue weighted by Gasteiger charge is 2.30. The zero-order valence-electron chi connectivity index (χ0n) is 17.1. The van der Waals surface area contributed by atoms with E-state index in [1.165, 1.54) is 31.4 Å². The predicted octanol–water partition coefficient (Wildman–Crippen LogP) is -0.154. The number of hydrogen-bond donors (Lipinski definition) is 6. The van der Waals surface area contributed by atoms with Crippen LogP contribution in [0.15, 0.2) is 42.5 Å². The molecule has 12 heteroatoms. The molecule has 0 spiro atoms. The Morgan fingerprint density at radius 2 is 1.33 bits per heavy atom. The van der Waals surface area contributed by atoms with Crippen LogP contribution in [-0.2, 0) is 20.9 Å². The summed E-state index contributed by atoms with van der Waals surface area (Å²) < 4.78 is 4.57. The van der Waals surface area contributed by atoms with E-state index in [1.807, 2.05) is 0 Å². The van der Waals surface area contributed by atoms with E-state index in [4.69, 9.17) is 10.2 Å². The molecule has 2 aromatic rings. The van der Waals surface area contributed by atoms with Crippen molar-refractivity contribution in [3.63, 3.8) is 0 Å². The number of nitrogens with one attached hydrogen (secondary N) is 2. The van der Waals surface area contributed by atoms with Crippen LogP contribution in [0.3, 0.4) is 0 Å². The van der Waals surface area contributed by atoms with Crippen LogP contribution in [0.1, 0.15) is 36.6 Å². The summed E-state index contributed by atoms with van der Waals surface area (Å²) in [6, 6.07) is 8.74. The highest BCUT2D eigenvalue weighted by molar-refractivity contribution is 6.01. The number of methoxy groups -OCH3 is 1. The van der Waals surface area contributed by atoms with E-state index in [0.29, 0.717) is 5.56 Å². The van der Waals surface area contributed by atoms with E-state index >= 15 is 0 Å². The maximum absolute atomic E-state index is 12.2. The minimum Gasteiger partial charge on any atom is -0.478 e. The standard InChI is InChI=1S/C21H20N2O10/c1-33-21(32)11-4-2-10(3-5-11)9-22-17(26)15(24)16(25)18(27)23-14-7-12(19(28)29)6-13(8-14)20(30)31/h2-8,15-16,24-25H,9H2,1H3,(H,22,26)(H,23,27)(H,28,29)(H,30,31)/t15-,16-/m1/s1. The maximum atomic E-state index is 12.2. The summed E-state index contributed by atoms with van der Waals surface area (Å²) in [5.74, 6) is -5.79. The van der Waals surface area contributed by atoms with Crippen LogP contribution in [0.4, 0.5) is 5.69 Å². The summed E-state index contributed by atoms with van der Waals surface area (Å²) in [5.41, 5.74) is -0.298. The summed E-state index contributed by atoms with van der Waals surface area (Å²) in [5, 5.41) is 42.5. The van der Waals surface area contributed by atoms with Gasteiger partial charge in [0, 0.05) is 12.2 Å².